The lowest BCUT2D eigenvalue weighted by atomic mass is 10.3. The molecule has 0 aliphatic carbocycles. The molecule has 0 aromatic carbocycles. The zero-order valence-electron chi connectivity index (χ0n) is 8.99. The zero-order valence-corrected chi connectivity index (χ0v) is 10.1. The van der Waals surface area contributed by atoms with Gasteiger partial charge in [0.15, 0.2) is 6.36 Å². The fourth-order valence-electron chi connectivity index (χ4n) is 0.766. The second-order valence-corrected chi connectivity index (χ2v) is 4.16. The van der Waals surface area contributed by atoms with Crippen molar-refractivity contribution in [1.29, 1.82) is 0 Å². The standard InChI is InChI=1S/C8H15FO5Si/c1-4-5-8(9)14-15(12-6(2)10)13-7(3)11/h8,15H,4-5H2,1-3H3. The third-order valence-electron chi connectivity index (χ3n) is 1.30. The van der Waals surface area contributed by atoms with Gasteiger partial charge in [-0.25, -0.2) is 4.39 Å². The number of hydrogen-bond acceptors (Lipinski definition) is 5. The van der Waals surface area contributed by atoms with Crippen molar-refractivity contribution in [2.24, 2.45) is 0 Å². The average Bonchev–Trinajstić information content (AvgIpc) is 2.00. The largest absolute Gasteiger partial charge is 0.621 e. The molecule has 0 amide bonds. The number of carbonyl (C=O) groups is 2. The first-order chi connectivity index (χ1) is 6.95. The lowest BCUT2D eigenvalue weighted by molar-refractivity contribution is -0.143. The Morgan fingerprint density at radius 2 is 1.73 bits per heavy atom. The summed E-state index contributed by atoms with van der Waals surface area (Å²) in [5.41, 5.74) is 0. The third kappa shape index (κ3) is 8.07. The van der Waals surface area contributed by atoms with E-state index in [0.29, 0.717) is 6.42 Å². The first kappa shape index (κ1) is 14.0. The molecule has 0 aromatic heterocycles. The zero-order chi connectivity index (χ0) is 11.8. The molecule has 1 unspecified atom stereocenters. The van der Waals surface area contributed by atoms with Crippen molar-refractivity contribution in [3.05, 3.63) is 0 Å². The van der Waals surface area contributed by atoms with Crippen LogP contribution in [0.25, 0.3) is 0 Å². The molecule has 0 aliphatic heterocycles. The molecule has 0 N–H and O–H groups in total. The Labute approximate surface area is 89.5 Å². The Bertz CT molecular complexity index is 207. The fourth-order valence-corrected chi connectivity index (χ4v) is 1.84. The molecule has 0 radical (unpaired) electrons. The normalized spacial score (nSPS) is 12.3. The van der Waals surface area contributed by atoms with Crippen molar-refractivity contribution in [3.8, 4) is 0 Å². The van der Waals surface area contributed by atoms with Gasteiger partial charge in [0.05, 0.1) is 0 Å². The Morgan fingerprint density at radius 1 is 1.27 bits per heavy atom. The van der Waals surface area contributed by atoms with E-state index in [2.05, 4.69) is 8.85 Å². The van der Waals surface area contributed by atoms with Gasteiger partial charge < -0.3 is 13.3 Å². The summed E-state index contributed by atoms with van der Waals surface area (Å²) in [6, 6.07) is 0. The SMILES string of the molecule is CCCC(F)O[SiH](OC(C)=O)OC(C)=O. The Balaban J connectivity index is 4.10. The van der Waals surface area contributed by atoms with E-state index in [4.69, 9.17) is 4.43 Å². The summed E-state index contributed by atoms with van der Waals surface area (Å²) < 4.78 is 26.8. The predicted molar refractivity (Wildman–Crippen MR) is 51.6 cm³/mol. The first-order valence-corrected chi connectivity index (χ1v) is 6.01. The van der Waals surface area contributed by atoms with E-state index in [0.717, 1.165) is 13.8 Å². The van der Waals surface area contributed by atoms with Crippen molar-refractivity contribution in [1.82, 2.24) is 0 Å². The topological polar surface area (TPSA) is 61.8 Å². The molecule has 0 rings (SSSR count). The van der Waals surface area contributed by atoms with E-state index in [1.54, 1.807) is 6.92 Å². The monoisotopic (exact) mass is 238 g/mol. The summed E-state index contributed by atoms with van der Waals surface area (Å²) in [5, 5.41) is 0. The molecular weight excluding hydrogens is 223 g/mol. The predicted octanol–water partition coefficient (Wildman–Crippen LogP) is 0.942. The lowest BCUT2D eigenvalue weighted by Crippen LogP contribution is -2.33. The molecule has 0 saturated heterocycles. The highest BCUT2D eigenvalue weighted by Crippen LogP contribution is 2.07. The highest BCUT2D eigenvalue weighted by molar-refractivity contribution is 6.41. The Morgan fingerprint density at radius 3 is 2.07 bits per heavy atom. The van der Waals surface area contributed by atoms with Gasteiger partial charge in [0.25, 0.3) is 11.9 Å². The van der Waals surface area contributed by atoms with E-state index < -0.39 is 27.8 Å². The van der Waals surface area contributed by atoms with Crippen LogP contribution in [0.4, 0.5) is 4.39 Å². The summed E-state index contributed by atoms with van der Waals surface area (Å²) in [4.78, 5) is 21.2. The molecule has 5 nitrogen and oxygen atoms in total. The van der Waals surface area contributed by atoms with Crippen LogP contribution in [0.3, 0.4) is 0 Å². The fraction of sp³-hybridized carbons (Fsp3) is 0.750. The third-order valence-corrected chi connectivity index (χ3v) is 2.87. The summed E-state index contributed by atoms with van der Waals surface area (Å²) in [7, 11) is -3.01. The molecule has 88 valence electrons. The van der Waals surface area contributed by atoms with E-state index in [1.165, 1.54) is 0 Å². The first-order valence-electron chi connectivity index (χ1n) is 4.59. The molecular formula is C8H15FO5Si. The van der Waals surface area contributed by atoms with Crippen molar-refractivity contribution >= 4 is 21.5 Å². The molecule has 1 atom stereocenters. The Kier molecular flexibility index (Phi) is 6.89. The second-order valence-electron chi connectivity index (χ2n) is 2.84. The highest BCUT2D eigenvalue weighted by atomic mass is 28.3. The lowest BCUT2D eigenvalue weighted by Gasteiger charge is -2.16. The molecule has 0 heterocycles. The summed E-state index contributed by atoms with van der Waals surface area (Å²) >= 11 is 0. The molecule has 0 fully saturated rings. The van der Waals surface area contributed by atoms with Gasteiger partial charge in [0, 0.05) is 20.3 Å². The van der Waals surface area contributed by atoms with E-state index in [1.807, 2.05) is 0 Å². The van der Waals surface area contributed by atoms with Crippen LogP contribution in [-0.4, -0.2) is 27.8 Å². The number of rotatable bonds is 6. The summed E-state index contributed by atoms with van der Waals surface area (Å²) in [5.74, 6) is -1.31. The molecule has 0 bridgehead atoms. The van der Waals surface area contributed by atoms with Gasteiger partial charge in [0.2, 0.25) is 0 Å². The smallest absolute Gasteiger partial charge is 0.467 e. The van der Waals surface area contributed by atoms with Gasteiger partial charge in [-0.3, -0.25) is 9.59 Å². The minimum Gasteiger partial charge on any atom is -0.467 e. The summed E-state index contributed by atoms with van der Waals surface area (Å²) in [6.45, 7) is 4.06. The number of halogens is 1. The Hall–Kier alpha value is -0.953. The van der Waals surface area contributed by atoms with E-state index in [-0.39, 0.29) is 6.42 Å². The molecule has 0 spiro atoms. The van der Waals surface area contributed by atoms with Crippen molar-refractivity contribution in [2.75, 3.05) is 0 Å². The average molecular weight is 238 g/mol. The molecule has 0 saturated carbocycles. The molecule has 0 aliphatic rings. The van der Waals surface area contributed by atoms with Crippen LogP contribution >= 0.6 is 0 Å². The van der Waals surface area contributed by atoms with Gasteiger partial charge in [0.1, 0.15) is 0 Å². The minimum absolute atomic E-state index is 0.173. The van der Waals surface area contributed by atoms with Gasteiger partial charge in [-0.1, -0.05) is 13.3 Å². The van der Waals surface area contributed by atoms with Gasteiger partial charge in [-0.15, -0.1) is 0 Å². The maximum absolute atomic E-state index is 13.0. The van der Waals surface area contributed by atoms with Crippen LogP contribution in [0.1, 0.15) is 33.6 Å². The van der Waals surface area contributed by atoms with Crippen molar-refractivity contribution in [3.63, 3.8) is 0 Å². The van der Waals surface area contributed by atoms with Gasteiger partial charge >= 0.3 is 9.53 Å². The van der Waals surface area contributed by atoms with Crippen LogP contribution in [-0.2, 0) is 22.9 Å². The van der Waals surface area contributed by atoms with Crippen LogP contribution in [0.15, 0.2) is 0 Å². The van der Waals surface area contributed by atoms with E-state index >= 15 is 0 Å². The highest BCUT2D eigenvalue weighted by Gasteiger charge is 2.26. The molecule has 7 heteroatoms. The second kappa shape index (κ2) is 7.35. The van der Waals surface area contributed by atoms with Crippen LogP contribution in [0, 0.1) is 0 Å². The minimum atomic E-state index is -3.01. The van der Waals surface area contributed by atoms with Crippen LogP contribution in [0.2, 0.25) is 0 Å². The quantitative estimate of drug-likeness (QED) is 0.644. The molecule has 0 aromatic rings. The van der Waals surface area contributed by atoms with Gasteiger partial charge in [-0.05, 0) is 0 Å². The van der Waals surface area contributed by atoms with E-state index in [9.17, 15) is 14.0 Å². The summed E-state index contributed by atoms with van der Waals surface area (Å²) in [6.07, 6.45) is -0.806. The maximum Gasteiger partial charge on any atom is 0.621 e. The van der Waals surface area contributed by atoms with Crippen molar-refractivity contribution in [2.45, 2.75) is 40.0 Å². The van der Waals surface area contributed by atoms with Crippen molar-refractivity contribution < 1.29 is 27.3 Å². The maximum atomic E-state index is 13.0. The number of carbonyl (C=O) groups excluding carboxylic acids is 2. The molecule has 15 heavy (non-hydrogen) atoms. The number of alkyl halides is 1. The van der Waals surface area contributed by atoms with Crippen LogP contribution in [0.5, 0.6) is 0 Å². The van der Waals surface area contributed by atoms with Gasteiger partial charge in [-0.2, -0.15) is 0 Å². The number of hydrogen-bond donors (Lipinski definition) is 0. The van der Waals surface area contributed by atoms with Crippen LogP contribution < -0.4 is 0 Å².